The van der Waals surface area contributed by atoms with Crippen molar-refractivity contribution >= 4 is 37.6 Å². The van der Waals surface area contributed by atoms with Crippen LogP contribution in [0.5, 0.6) is 5.75 Å². The first-order valence-corrected chi connectivity index (χ1v) is 9.69. The number of ether oxygens (including phenoxy) is 1. The predicted molar refractivity (Wildman–Crippen MR) is 95.5 cm³/mol. The summed E-state index contributed by atoms with van der Waals surface area (Å²) in [4.78, 5) is 0.0378. The van der Waals surface area contributed by atoms with Crippen molar-refractivity contribution in [2.75, 3.05) is 6.61 Å². The highest BCUT2D eigenvalue weighted by Crippen LogP contribution is 2.28. The Morgan fingerprint density at radius 1 is 1.22 bits per heavy atom. The highest BCUT2D eigenvalue weighted by molar-refractivity contribution is 9.10. The second-order valence-electron chi connectivity index (χ2n) is 4.92. The van der Waals surface area contributed by atoms with Crippen molar-refractivity contribution in [1.29, 1.82) is 0 Å². The van der Waals surface area contributed by atoms with Crippen molar-refractivity contribution in [3.8, 4) is 5.75 Å². The van der Waals surface area contributed by atoms with Gasteiger partial charge in [-0.25, -0.2) is 13.1 Å². The number of halogens is 2. The monoisotopic (exact) mass is 417 g/mol. The molecule has 2 aromatic rings. The van der Waals surface area contributed by atoms with Gasteiger partial charge in [-0.3, -0.25) is 0 Å². The Bertz CT molecular complexity index is 778. The first-order chi connectivity index (χ1) is 10.8. The summed E-state index contributed by atoms with van der Waals surface area (Å²) < 4.78 is 34.3. The van der Waals surface area contributed by atoms with Crippen molar-refractivity contribution in [2.24, 2.45) is 0 Å². The first kappa shape index (κ1) is 18.3. The second kappa shape index (κ2) is 7.66. The summed E-state index contributed by atoms with van der Waals surface area (Å²) in [6.45, 7) is 3.95. The van der Waals surface area contributed by atoms with Crippen LogP contribution in [0.2, 0.25) is 5.02 Å². The van der Waals surface area contributed by atoms with Crippen LogP contribution in [0.3, 0.4) is 0 Å². The molecule has 2 rings (SSSR count). The summed E-state index contributed by atoms with van der Waals surface area (Å²) >= 11 is 9.30. The molecule has 0 amide bonds. The zero-order valence-corrected chi connectivity index (χ0v) is 15.9. The van der Waals surface area contributed by atoms with E-state index in [-0.39, 0.29) is 16.7 Å². The Kier molecular flexibility index (Phi) is 6.08. The number of hydrogen-bond acceptors (Lipinski definition) is 3. The summed E-state index contributed by atoms with van der Waals surface area (Å²) in [5.41, 5.74) is 0.858. The average Bonchev–Trinajstić information content (AvgIpc) is 2.49. The lowest BCUT2D eigenvalue weighted by Crippen LogP contribution is -2.27. The van der Waals surface area contributed by atoms with Gasteiger partial charge in [-0.15, -0.1) is 0 Å². The van der Waals surface area contributed by atoms with Gasteiger partial charge in [0, 0.05) is 15.5 Å². The molecule has 0 aromatic heterocycles. The highest BCUT2D eigenvalue weighted by atomic mass is 79.9. The van der Waals surface area contributed by atoms with Crippen LogP contribution in [-0.4, -0.2) is 15.0 Å². The van der Waals surface area contributed by atoms with Crippen molar-refractivity contribution in [2.45, 2.75) is 24.8 Å². The zero-order chi connectivity index (χ0) is 17.0. The molecular formula is C16H17BrClNO3S. The molecule has 0 spiro atoms. The van der Waals surface area contributed by atoms with Gasteiger partial charge in [0.2, 0.25) is 10.0 Å². The maximum atomic E-state index is 12.7. The Balaban J connectivity index is 2.31. The Labute approximate surface area is 150 Å². The van der Waals surface area contributed by atoms with E-state index >= 15 is 0 Å². The van der Waals surface area contributed by atoms with E-state index in [1.807, 2.05) is 24.3 Å². The topological polar surface area (TPSA) is 55.4 Å². The van der Waals surface area contributed by atoms with Crippen LogP contribution >= 0.6 is 27.5 Å². The summed E-state index contributed by atoms with van der Waals surface area (Å²) in [5.74, 6) is 0.285. The SMILES string of the molecule is CCOc1ccc(Cl)cc1S(=O)(=O)NC(C)c1ccc(Br)cc1. The predicted octanol–water partition coefficient (Wildman–Crippen LogP) is 4.54. The molecule has 7 heteroatoms. The molecule has 0 radical (unpaired) electrons. The largest absolute Gasteiger partial charge is 0.492 e. The lowest BCUT2D eigenvalue weighted by Gasteiger charge is -2.17. The van der Waals surface area contributed by atoms with E-state index in [0.29, 0.717) is 11.6 Å². The molecule has 0 saturated carbocycles. The molecule has 0 aliphatic rings. The maximum absolute atomic E-state index is 12.7. The van der Waals surface area contributed by atoms with Gasteiger partial charge >= 0.3 is 0 Å². The van der Waals surface area contributed by atoms with Gasteiger partial charge < -0.3 is 4.74 Å². The summed E-state index contributed by atoms with van der Waals surface area (Å²) in [7, 11) is -3.76. The minimum Gasteiger partial charge on any atom is -0.492 e. The van der Waals surface area contributed by atoms with Gasteiger partial charge in [0.1, 0.15) is 10.6 Å². The van der Waals surface area contributed by atoms with Crippen LogP contribution in [0.1, 0.15) is 25.5 Å². The number of rotatable bonds is 6. The van der Waals surface area contributed by atoms with Crippen LogP contribution in [-0.2, 0) is 10.0 Å². The van der Waals surface area contributed by atoms with Gasteiger partial charge in [-0.1, -0.05) is 39.7 Å². The van der Waals surface area contributed by atoms with Crippen molar-refractivity contribution in [3.63, 3.8) is 0 Å². The third kappa shape index (κ3) is 4.70. The van der Waals surface area contributed by atoms with E-state index in [2.05, 4.69) is 20.7 Å². The van der Waals surface area contributed by atoms with E-state index in [0.717, 1.165) is 10.0 Å². The number of hydrogen-bond donors (Lipinski definition) is 1. The first-order valence-electron chi connectivity index (χ1n) is 7.03. The van der Waals surface area contributed by atoms with Crippen molar-refractivity contribution in [1.82, 2.24) is 4.72 Å². The number of sulfonamides is 1. The molecule has 0 heterocycles. The molecular weight excluding hydrogens is 402 g/mol. The fraction of sp³-hybridized carbons (Fsp3) is 0.250. The average molecular weight is 419 g/mol. The standard InChI is InChI=1S/C16H17BrClNO3S/c1-3-22-15-9-8-14(18)10-16(15)23(20,21)19-11(2)12-4-6-13(17)7-5-12/h4-11,19H,3H2,1-2H3. The molecule has 2 aromatic carbocycles. The lowest BCUT2D eigenvalue weighted by molar-refractivity contribution is 0.331. The molecule has 0 fully saturated rings. The molecule has 1 atom stereocenters. The summed E-state index contributed by atoms with van der Waals surface area (Å²) in [5, 5.41) is 0.338. The highest BCUT2D eigenvalue weighted by Gasteiger charge is 2.23. The summed E-state index contributed by atoms with van der Waals surface area (Å²) in [6.07, 6.45) is 0. The molecule has 23 heavy (non-hydrogen) atoms. The summed E-state index contributed by atoms with van der Waals surface area (Å²) in [6, 6.07) is 11.6. The third-order valence-corrected chi connectivity index (χ3v) is 5.52. The van der Waals surface area contributed by atoms with Gasteiger partial charge in [0.05, 0.1) is 6.61 Å². The van der Waals surface area contributed by atoms with Gasteiger partial charge in [-0.05, 0) is 49.7 Å². The Hall–Kier alpha value is -1.08. The number of benzene rings is 2. The van der Waals surface area contributed by atoms with Crippen LogP contribution in [0.4, 0.5) is 0 Å². The van der Waals surface area contributed by atoms with E-state index < -0.39 is 10.0 Å². The van der Waals surface area contributed by atoms with E-state index in [1.165, 1.54) is 6.07 Å². The van der Waals surface area contributed by atoms with Crippen molar-refractivity contribution in [3.05, 3.63) is 57.5 Å². The third-order valence-electron chi connectivity index (χ3n) is 3.20. The van der Waals surface area contributed by atoms with Crippen LogP contribution in [0.15, 0.2) is 51.8 Å². The molecule has 1 unspecified atom stereocenters. The van der Waals surface area contributed by atoms with Crippen LogP contribution in [0, 0.1) is 0 Å². The van der Waals surface area contributed by atoms with Crippen LogP contribution < -0.4 is 9.46 Å². The lowest BCUT2D eigenvalue weighted by atomic mass is 10.1. The smallest absolute Gasteiger partial charge is 0.244 e. The molecule has 124 valence electrons. The van der Waals surface area contributed by atoms with Gasteiger partial charge in [-0.2, -0.15) is 0 Å². The molecule has 0 aliphatic carbocycles. The molecule has 0 saturated heterocycles. The molecule has 4 nitrogen and oxygen atoms in total. The second-order valence-corrected chi connectivity index (χ2v) is 7.95. The van der Waals surface area contributed by atoms with Crippen molar-refractivity contribution < 1.29 is 13.2 Å². The van der Waals surface area contributed by atoms with E-state index in [1.54, 1.807) is 26.0 Å². The Morgan fingerprint density at radius 2 is 1.87 bits per heavy atom. The molecule has 0 aliphatic heterocycles. The number of nitrogens with one attached hydrogen (secondary N) is 1. The van der Waals surface area contributed by atoms with Gasteiger partial charge in [0.25, 0.3) is 0 Å². The van der Waals surface area contributed by atoms with E-state index in [4.69, 9.17) is 16.3 Å². The van der Waals surface area contributed by atoms with Gasteiger partial charge in [0.15, 0.2) is 0 Å². The van der Waals surface area contributed by atoms with E-state index in [9.17, 15) is 8.42 Å². The molecule has 1 N–H and O–H groups in total. The normalized spacial score (nSPS) is 12.9. The fourth-order valence-electron chi connectivity index (χ4n) is 2.08. The molecule has 0 bridgehead atoms. The fourth-order valence-corrected chi connectivity index (χ4v) is 3.99. The quantitative estimate of drug-likeness (QED) is 0.749. The maximum Gasteiger partial charge on any atom is 0.244 e. The Morgan fingerprint density at radius 3 is 2.48 bits per heavy atom. The van der Waals surface area contributed by atoms with Crippen LogP contribution in [0.25, 0.3) is 0 Å². The minimum atomic E-state index is -3.76. The minimum absolute atomic E-state index is 0.0378. The zero-order valence-electron chi connectivity index (χ0n) is 12.7.